The van der Waals surface area contributed by atoms with Crippen LogP contribution >= 0.6 is 0 Å². The molecule has 0 radical (unpaired) electrons. The molecule has 2 aliphatic heterocycles. The second kappa shape index (κ2) is 8.52. The van der Waals surface area contributed by atoms with Crippen LogP contribution in [0.3, 0.4) is 0 Å². The number of benzene rings is 1. The highest BCUT2D eigenvalue weighted by atomic mass is 19.1. The third-order valence-electron chi connectivity index (χ3n) is 7.72. The van der Waals surface area contributed by atoms with Crippen molar-refractivity contribution in [3.63, 3.8) is 0 Å². The predicted octanol–water partition coefficient (Wildman–Crippen LogP) is 3.42. The Morgan fingerprint density at radius 2 is 1.86 bits per heavy atom. The molecule has 1 aliphatic carbocycles. The maximum atomic E-state index is 13.0. The minimum absolute atomic E-state index is 0.189. The van der Waals surface area contributed by atoms with Gasteiger partial charge in [0.15, 0.2) is 0 Å². The van der Waals surface area contributed by atoms with Gasteiger partial charge < -0.3 is 15.5 Å². The fourth-order valence-electron chi connectivity index (χ4n) is 5.46. The van der Waals surface area contributed by atoms with Gasteiger partial charge in [-0.1, -0.05) is 12.1 Å². The highest BCUT2D eigenvalue weighted by Gasteiger charge is 2.52. The van der Waals surface area contributed by atoms with Crippen LogP contribution in [-0.2, 0) is 4.79 Å². The van der Waals surface area contributed by atoms with Gasteiger partial charge in [-0.05, 0) is 50.1 Å². The van der Waals surface area contributed by atoms with Crippen LogP contribution in [0.4, 0.5) is 15.8 Å². The summed E-state index contributed by atoms with van der Waals surface area (Å²) in [6.45, 7) is 10.3. The summed E-state index contributed by atoms with van der Waals surface area (Å²) >= 11 is 0. The Labute approximate surface area is 205 Å². The van der Waals surface area contributed by atoms with Crippen LogP contribution in [0.15, 0.2) is 48.8 Å². The number of carbonyl (C=O) groups excluding carboxylic acids is 1. The van der Waals surface area contributed by atoms with Crippen molar-refractivity contribution in [2.75, 3.05) is 49.5 Å². The highest BCUT2D eigenvalue weighted by Crippen LogP contribution is 2.43. The quantitative estimate of drug-likeness (QED) is 0.488. The average Bonchev–Trinajstić information content (AvgIpc) is 3.36. The molecule has 2 N–H and O–H groups in total. The molecule has 3 aromatic rings. The van der Waals surface area contributed by atoms with Gasteiger partial charge in [-0.3, -0.25) is 9.69 Å². The fourth-order valence-corrected chi connectivity index (χ4v) is 5.46. The van der Waals surface area contributed by atoms with E-state index in [2.05, 4.69) is 69.7 Å². The molecule has 6 rings (SSSR count). The van der Waals surface area contributed by atoms with Crippen molar-refractivity contribution < 1.29 is 9.18 Å². The molecule has 1 saturated carbocycles. The lowest BCUT2D eigenvalue weighted by atomic mass is 9.72. The van der Waals surface area contributed by atoms with Crippen molar-refractivity contribution in [2.24, 2.45) is 11.3 Å². The monoisotopic (exact) mass is 476 g/mol. The van der Waals surface area contributed by atoms with Crippen LogP contribution in [0.5, 0.6) is 0 Å². The summed E-state index contributed by atoms with van der Waals surface area (Å²) in [6, 6.07) is 13.5. The molecule has 2 saturated heterocycles. The van der Waals surface area contributed by atoms with Crippen LogP contribution in [0, 0.1) is 11.3 Å². The number of fused-ring (bicyclic) bond motifs is 1. The first-order chi connectivity index (χ1) is 16.9. The Morgan fingerprint density at radius 3 is 2.54 bits per heavy atom. The lowest BCUT2D eigenvalue weighted by Gasteiger charge is -2.62. The Morgan fingerprint density at radius 1 is 1.11 bits per heavy atom. The van der Waals surface area contributed by atoms with Crippen molar-refractivity contribution in [3.8, 4) is 11.1 Å². The van der Waals surface area contributed by atoms with E-state index in [-0.39, 0.29) is 5.91 Å². The van der Waals surface area contributed by atoms with Crippen molar-refractivity contribution in [2.45, 2.75) is 32.5 Å². The maximum Gasteiger partial charge on any atom is 0.226 e. The summed E-state index contributed by atoms with van der Waals surface area (Å²) in [5.41, 5.74) is 6.00. The summed E-state index contributed by atoms with van der Waals surface area (Å²) in [5.74, 6) is -0.635. The van der Waals surface area contributed by atoms with Crippen molar-refractivity contribution in [1.82, 2.24) is 19.8 Å². The molecular formula is C27H33FN6O. The van der Waals surface area contributed by atoms with Crippen molar-refractivity contribution in [1.29, 1.82) is 0 Å². The van der Waals surface area contributed by atoms with E-state index in [0.717, 1.165) is 35.4 Å². The molecule has 2 atom stereocenters. The van der Waals surface area contributed by atoms with Gasteiger partial charge in [0, 0.05) is 74.4 Å². The topological polar surface area (TPSA) is 64.9 Å². The summed E-state index contributed by atoms with van der Waals surface area (Å²) in [5, 5.41) is 10.6. The van der Waals surface area contributed by atoms with E-state index in [9.17, 15) is 9.18 Å². The van der Waals surface area contributed by atoms with Gasteiger partial charge in [0.25, 0.3) is 0 Å². The first kappa shape index (κ1) is 22.3. The SMILES string of the molecule is CC(C)N1CC2(CN(c3ccc(-c4cc5c(NCCNC(=O)[C@H]6C[C@@H]6F)ccnn5c4)cc3)C2)C1. The van der Waals surface area contributed by atoms with E-state index >= 15 is 0 Å². The zero-order chi connectivity index (χ0) is 24.2. The van der Waals surface area contributed by atoms with Gasteiger partial charge in [0.1, 0.15) is 6.17 Å². The number of amides is 1. The molecule has 7 nitrogen and oxygen atoms in total. The molecule has 3 aliphatic rings. The van der Waals surface area contributed by atoms with Crippen LogP contribution in [-0.4, -0.2) is 71.9 Å². The second-order valence-electron chi connectivity index (χ2n) is 10.8. The zero-order valence-electron chi connectivity index (χ0n) is 20.4. The lowest BCUT2D eigenvalue weighted by Crippen LogP contribution is -2.73. The van der Waals surface area contributed by atoms with Gasteiger partial charge in [0.05, 0.1) is 17.1 Å². The van der Waals surface area contributed by atoms with E-state index in [1.54, 1.807) is 6.20 Å². The molecule has 0 unspecified atom stereocenters. The maximum absolute atomic E-state index is 13.0. The molecule has 1 amide bonds. The predicted molar refractivity (Wildman–Crippen MR) is 136 cm³/mol. The normalized spacial score (nSPS) is 22.8. The second-order valence-corrected chi connectivity index (χ2v) is 10.8. The highest BCUT2D eigenvalue weighted by molar-refractivity contribution is 5.82. The number of hydrogen-bond acceptors (Lipinski definition) is 5. The first-order valence-electron chi connectivity index (χ1n) is 12.6. The number of hydrogen-bond donors (Lipinski definition) is 2. The number of rotatable bonds is 8. The van der Waals surface area contributed by atoms with E-state index in [1.807, 2.05) is 16.8 Å². The number of likely N-dealkylation sites (tertiary alicyclic amines) is 1. The molecule has 8 heteroatoms. The summed E-state index contributed by atoms with van der Waals surface area (Å²) in [6.07, 6.45) is 3.20. The molecule has 1 spiro atoms. The first-order valence-corrected chi connectivity index (χ1v) is 12.6. The molecule has 4 heterocycles. The van der Waals surface area contributed by atoms with E-state index in [0.29, 0.717) is 31.0 Å². The number of nitrogens with one attached hydrogen (secondary N) is 2. The standard InChI is InChI=1S/C27H33FN6O/c1-18(2)32-14-27(15-32)16-33(17-27)21-5-3-19(4-6-21)20-11-25-24(7-8-31-34(25)13-20)29-9-10-30-26(35)22-12-23(22)28/h3-8,11,13,18,22-23,29H,9-10,12,14-17H2,1-2H3,(H,30,35)/t22-,23-/m0/s1. The molecule has 0 bridgehead atoms. The molecule has 1 aromatic carbocycles. The number of nitrogens with zero attached hydrogens (tertiary/aromatic N) is 4. The van der Waals surface area contributed by atoms with E-state index in [1.165, 1.54) is 18.8 Å². The zero-order valence-corrected chi connectivity index (χ0v) is 20.4. The number of halogens is 1. The van der Waals surface area contributed by atoms with Crippen LogP contribution in [0.1, 0.15) is 20.3 Å². The molecule has 3 fully saturated rings. The third-order valence-corrected chi connectivity index (χ3v) is 7.72. The van der Waals surface area contributed by atoms with Crippen molar-refractivity contribution >= 4 is 22.8 Å². The van der Waals surface area contributed by atoms with Gasteiger partial charge in [-0.2, -0.15) is 5.10 Å². The number of anilines is 2. The van der Waals surface area contributed by atoms with Crippen molar-refractivity contribution in [3.05, 3.63) is 48.8 Å². The summed E-state index contributed by atoms with van der Waals surface area (Å²) in [7, 11) is 0. The van der Waals surface area contributed by atoms with Crippen LogP contribution in [0.2, 0.25) is 0 Å². The smallest absolute Gasteiger partial charge is 0.226 e. The Balaban J connectivity index is 1.07. The van der Waals surface area contributed by atoms with Crippen LogP contribution in [0.25, 0.3) is 16.6 Å². The fraction of sp³-hybridized carbons (Fsp3) is 0.481. The third kappa shape index (κ3) is 4.24. The average molecular weight is 477 g/mol. The van der Waals surface area contributed by atoms with Gasteiger partial charge >= 0.3 is 0 Å². The minimum atomic E-state index is -0.961. The summed E-state index contributed by atoms with van der Waals surface area (Å²) < 4.78 is 14.9. The minimum Gasteiger partial charge on any atom is -0.381 e. The Bertz CT molecular complexity index is 1220. The van der Waals surface area contributed by atoms with Crippen LogP contribution < -0.4 is 15.5 Å². The molecule has 35 heavy (non-hydrogen) atoms. The van der Waals surface area contributed by atoms with E-state index in [4.69, 9.17) is 0 Å². The number of alkyl halides is 1. The summed E-state index contributed by atoms with van der Waals surface area (Å²) in [4.78, 5) is 16.8. The van der Waals surface area contributed by atoms with Gasteiger partial charge in [-0.15, -0.1) is 0 Å². The molecule has 184 valence electrons. The molecular weight excluding hydrogens is 443 g/mol. The van der Waals surface area contributed by atoms with E-state index < -0.39 is 12.1 Å². The molecule has 2 aromatic heterocycles. The Kier molecular flexibility index (Phi) is 5.44. The number of aromatic nitrogens is 2. The largest absolute Gasteiger partial charge is 0.381 e. The van der Waals surface area contributed by atoms with Gasteiger partial charge in [0.2, 0.25) is 5.91 Å². The van der Waals surface area contributed by atoms with Gasteiger partial charge in [-0.25, -0.2) is 8.91 Å². The lowest BCUT2D eigenvalue weighted by molar-refractivity contribution is -0.122. The Hall–Kier alpha value is -3.13. The number of carbonyl (C=O) groups is 1.